The van der Waals surface area contributed by atoms with Crippen LogP contribution in [0.25, 0.3) is 0 Å². The zero-order chi connectivity index (χ0) is 34.7. The second-order valence-electron chi connectivity index (χ2n) is 14.1. The van der Waals surface area contributed by atoms with Gasteiger partial charge in [-0.25, -0.2) is 4.98 Å². The Kier molecular flexibility index (Phi) is 16.3. The molecule has 1 aromatic heterocycles. The topological polar surface area (TPSA) is 103 Å². The van der Waals surface area contributed by atoms with Crippen molar-refractivity contribution in [3.8, 4) is 0 Å². The minimum absolute atomic E-state index is 0.00501. The van der Waals surface area contributed by atoms with Crippen LogP contribution in [0.1, 0.15) is 129 Å². The van der Waals surface area contributed by atoms with Gasteiger partial charge in [-0.2, -0.15) is 0 Å². The Labute approximate surface area is 283 Å². The van der Waals surface area contributed by atoms with E-state index in [1.807, 2.05) is 45.0 Å². The zero-order valence-corrected chi connectivity index (χ0v) is 31.4. The zero-order valence-electron chi connectivity index (χ0n) is 30.6. The van der Waals surface area contributed by atoms with Crippen LogP contribution < -0.4 is 5.32 Å². The average molecular weight is 662 g/mol. The summed E-state index contributed by atoms with van der Waals surface area (Å²) >= 11 is 1.49. The molecule has 2 heterocycles. The van der Waals surface area contributed by atoms with E-state index in [1.165, 1.54) is 11.3 Å². The highest BCUT2D eigenvalue weighted by Crippen LogP contribution is 2.31. The number of Topliss-reactive ketones (excluding diaryl/α,β-unsaturated/α-hetero) is 1. The first-order chi connectivity index (χ1) is 21.7. The summed E-state index contributed by atoms with van der Waals surface area (Å²) in [6, 6.07) is -0.808. The van der Waals surface area contributed by atoms with Gasteiger partial charge in [0.1, 0.15) is 17.5 Å². The molecule has 7 atom stereocenters. The van der Waals surface area contributed by atoms with Gasteiger partial charge in [0.2, 0.25) is 11.8 Å². The van der Waals surface area contributed by atoms with Crippen LogP contribution in [0.5, 0.6) is 0 Å². The molecule has 1 aliphatic rings. The Hall–Kier alpha value is -2.33. The number of rotatable bonds is 18. The standard InChI is InChI=1S/C36H63N5O4S/c1-12-24(6)30(41(14-3)36(45)31(25(7)13-2)38-33(43)29-17-15-16-19-39(29)10)21-27(9)34-37-28(22-46-34)35(44)40(11)20-18-26(8)32(42)23(4)5/h22-27,29-31H,12-21H2,1-11H3,(H,38,43)/t24-,25?,26?,27+,29?,30?,31?/m0/s1. The quantitative estimate of drug-likeness (QED) is 0.200. The fourth-order valence-electron chi connectivity index (χ4n) is 6.48. The molecular formula is C36H63N5O4S. The number of hydrogen-bond acceptors (Lipinski definition) is 7. The van der Waals surface area contributed by atoms with E-state index in [2.05, 4.69) is 44.8 Å². The first-order valence-electron chi connectivity index (χ1n) is 17.7. The molecule has 262 valence electrons. The highest BCUT2D eigenvalue weighted by molar-refractivity contribution is 7.09. The van der Waals surface area contributed by atoms with Crippen molar-refractivity contribution in [3.05, 3.63) is 16.1 Å². The van der Waals surface area contributed by atoms with Crippen molar-refractivity contribution in [1.29, 1.82) is 0 Å². The van der Waals surface area contributed by atoms with Gasteiger partial charge in [0.05, 0.1) is 11.0 Å². The van der Waals surface area contributed by atoms with Gasteiger partial charge in [0.25, 0.3) is 5.91 Å². The molecule has 1 aromatic rings. The molecule has 1 saturated heterocycles. The number of likely N-dealkylation sites (N-methyl/N-ethyl adjacent to an activating group) is 2. The fraction of sp³-hybridized carbons (Fsp3) is 0.806. The van der Waals surface area contributed by atoms with Crippen molar-refractivity contribution in [2.75, 3.05) is 33.7 Å². The minimum atomic E-state index is -0.576. The van der Waals surface area contributed by atoms with Crippen LogP contribution in [-0.4, -0.2) is 95.0 Å². The number of carbonyl (C=O) groups is 4. The summed E-state index contributed by atoms with van der Waals surface area (Å²) in [7, 11) is 3.76. The van der Waals surface area contributed by atoms with Gasteiger partial charge in [-0.15, -0.1) is 11.3 Å². The number of piperidine rings is 1. The van der Waals surface area contributed by atoms with Crippen molar-refractivity contribution >= 4 is 34.8 Å². The van der Waals surface area contributed by atoms with Gasteiger partial charge in [-0.3, -0.25) is 24.1 Å². The van der Waals surface area contributed by atoms with Crippen molar-refractivity contribution < 1.29 is 19.2 Å². The molecule has 9 nitrogen and oxygen atoms in total. The number of thiazole rings is 1. The summed E-state index contributed by atoms with van der Waals surface area (Å²) in [6.07, 6.45) is 5.98. The summed E-state index contributed by atoms with van der Waals surface area (Å²) in [5.74, 6) is 0.199. The molecule has 5 unspecified atom stereocenters. The largest absolute Gasteiger partial charge is 0.343 e. The smallest absolute Gasteiger partial charge is 0.273 e. The van der Waals surface area contributed by atoms with Crippen molar-refractivity contribution in [1.82, 2.24) is 25.0 Å². The van der Waals surface area contributed by atoms with E-state index in [-0.39, 0.29) is 65.2 Å². The Morgan fingerprint density at radius 3 is 2.24 bits per heavy atom. The molecule has 0 radical (unpaired) electrons. The molecule has 0 aliphatic carbocycles. The highest BCUT2D eigenvalue weighted by atomic mass is 32.1. The number of amides is 3. The Balaban J connectivity index is 2.20. The molecule has 0 saturated carbocycles. The van der Waals surface area contributed by atoms with Crippen LogP contribution >= 0.6 is 11.3 Å². The van der Waals surface area contributed by atoms with Crippen molar-refractivity contribution in [2.24, 2.45) is 23.7 Å². The van der Waals surface area contributed by atoms with Crippen LogP contribution in [-0.2, 0) is 14.4 Å². The maximum absolute atomic E-state index is 14.3. The molecule has 0 spiro atoms. The molecule has 1 fully saturated rings. The molecule has 0 bridgehead atoms. The third-order valence-electron chi connectivity index (χ3n) is 10.2. The van der Waals surface area contributed by atoms with Crippen LogP contribution in [0.2, 0.25) is 0 Å². The predicted molar refractivity (Wildman–Crippen MR) is 188 cm³/mol. The van der Waals surface area contributed by atoms with E-state index < -0.39 is 6.04 Å². The van der Waals surface area contributed by atoms with Crippen molar-refractivity contribution in [3.63, 3.8) is 0 Å². The van der Waals surface area contributed by atoms with Crippen LogP contribution in [0.3, 0.4) is 0 Å². The highest BCUT2D eigenvalue weighted by Gasteiger charge is 2.37. The van der Waals surface area contributed by atoms with E-state index in [4.69, 9.17) is 4.98 Å². The molecule has 10 heteroatoms. The summed E-state index contributed by atoms with van der Waals surface area (Å²) < 4.78 is 0. The maximum atomic E-state index is 14.3. The molecule has 2 rings (SSSR count). The molecule has 3 amide bonds. The number of likely N-dealkylation sites (tertiary alicyclic amines) is 1. The fourth-order valence-corrected chi connectivity index (χ4v) is 7.35. The van der Waals surface area contributed by atoms with E-state index >= 15 is 0 Å². The van der Waals surface area contributed by atoms with Gasteiger partial charge in [0.15, 0.2) is 0 Å². The molecular weight excluding hydrogens is 598 g/mol. The molecule has 1 aliphatic heterocycles. The van der Waals surface area contributed by atoms with E-state index in [0.29, 0.717) is 31.6 Å². The van der Waals surface area contributed by atoms with E-state index in [1.54, 1.807) is 11.9 Å². The number of nitrogens with zero attached hydrogens (tertiary/aromatic N) is 4. The van der Waals surface area contributed by atoms with Gasteiger partial charge in [-0.1, -0.05) is 74.7 Å². The molecule has 1 N–H and O–H groups in total. The lowest BCUT2D eigenvalue weighted by atomic mass is 9.88. The van der Waals surface area contributed by atoms with Crippen LogP contribution in [0.4, 0.5) is 0 Å². The Morgan fingerprint density at radius 2 is 1.67 bits per heavy atom. The summed E-state index contributed by atoms with van der Waals surface area (Å²) in [6.45, 7) is 20.3. The van der Waals surface area contributed by atoms with Gasteiger partial charge in [0, 0.05) is 49.3 Å². The van der Waals surface area contributed by atoms with Crippen LogP contribution in [0.15, 0.2) is 5.38 Å². The summed E-state index contributed by atoms with van der Waals surface area (Å²) in [5, 5.41) is 5.89. The van der Waals surface area contributed by atoms with E-state index in [9.17, 15) is 19.2 Å². The Morgan fingerprint density at radius 1 is 1.02 bits per heavy atom. The van der Waals surface area contributed by atoms with Gasteiger partial charge in [-0.05, 0) is 58.0 Å². The van der Waals surface area contributed by atoms with E-state index in [0.717, 1.165) is 43.7 Å². The lowest BCUT2D eigenvalue weighted by Gasteiger charge is -2.40. The summed E-state index contributed by atoms with van der Waals surface area (Å²) in [5.41, 5.74) is 0.424. The first kappa shape index (κ1) is 39.8. The number of carbonyl (C=O) groups excluding carboxylic acids is 4. The summed E-state index contributed by atoms with van der Waals surface area (Å²) in [4.78, 5) is 63.8. The van der Waals surface area contributed by atoms with Crippen LogP contribution in [0, 0.1) is 23.7 Å². The van der Waals surface area contributed by atoms with Gasteiger partial charge >= 0.3 is 0 Å². The monoisotopic (exact) mass is 661 g/mol. The van der Waals surface area contributed by atoms with Gasteiger partial charge < -0.3 is 15.1 Å². The third kappa shape index (κ3) is 10.6. The molecule has 46 heavy (non-hydrogen) atoms. The number of aromatic nitrogens is 1. The number of hydrogen-bond donors (Lipinski definition) is 1. The normalized spacial score (nSPS) is 19.5. The maximum Gasteiger partial charge on any atom is 0.273 e. The third-order valence-corrected chi connectivity index (χ3v) is 11.3. The molecule has 0 aromatic carbocycles. The lowest BCUT2D eigenvalue weighted by molar-refractivity contribution is -0.142. The first-order valence-corrected chi connectivity index (χ1v) is 18.6. The number of ketones is 1. The second-order valence-corrected chi connectivity index (χ2v) is 15.0. The minimum Gasteiger partial charge on any atom is -0.343 e. The number of nitrogens with one attached hydrogen (secondary N) is 1. The Bertz CT molecular complexity index is 1140. The lowest BCUT2D eigenvalue weighted by Crippen LogP contribution is -2.58. The second kappa shape index (κ2) is 18.9. The average Bonchev–Trinajstić information content (AvgIpc) is 3.54. The SMILES string of the molecule is CCC(C)C(NC(=O)C1CCCCN1C)C(=O)N(CC)C(C[C@@H](C)c1nc(C(=O)N(C)CCC(C)C(=O)C(C)C)cs1)[C@@H](C)CC. The van der Waals surface area contributed by atoms with Crippen molar-refractivity contribution in [2.45, 2.75) is 131 Å². The predicted octanol–water partition coefficient (Wildman–Crippen LogP) is 6.24.